The van der Waals surface area contributed by atoms with Crippen LogP contribution in [0.1, 0.15) is 38.5 Å². The highest BCUT2D eigenvalue weighted by Gasteiger charge is 2.36. The van der Waals surface area contributed by atoms with E-state index >= 15 is 0 Å². The van der Waals surface area contributed by atoms with Gasteiger partial charge in [0.05, 0.1) is 26.2 Å². The zero-order valence-electron chi connectivity index (χ0n) is 17.2. The minimum atomic E-state index is -5.68. The molecule has 0 aliphatic carbocycles. The van der Waals surface area contributed by atoms with Crippen LogP contribution in [0.15, 0.2) is 50.6 Å². The van der Waals surface area contributed by atoms with Gasteiger partial charge in [0.1, 0.15) is 0 Å². The summed E-state index contributed by atoms with van der Waals surface area (Å²) in [6.07, 6.45) is 0.942. The average molecular weight is 462 g/mol. The third kappa shape index (κ3) is 14.5. The van der Waals surface area contributed by atoms with Crippen LogP contribution in [0.2, 0.25) is 0 Å². The van der Waals surface area contributed by atoms with E-state index in [4.69, 9.17) is 0 Å². The molecule has 0 fully saturated rings. The normalized spacial score (nSPS) is 12.5. The Balaban J connectivity index is 0. The van der Waals surface area contributed by atoms with Gasteiger partial charge >= 0.3 is 11.4 Å². The first-order chi connectivity index (χ1) is 13.7. The molecule has 0 N–H and O–H groups in total. The van der Waals surface area contributed by atoms with Crippen LogP contribution < -0.4 is 0 Å². The summed E-state index contributed by atoms with van der Waals surface area (Å²) in [5.41, 5.74) is 0. The van der Waals surface area contributed by atoms with Gasteiger partial charge in [0.15, 0.2) is 10.1 Å². The van der Waals surface area contributed by atoms with E-state index in [2.05, 4.69) is 26.3 Å². The largest absolute Gasteiger partial charge is 0.743 e. The highest BCUT2D eigenvalue weighted by Crippen LogP contribution is 2.28. The molecule has 0 aromatic rings. The topological polar surface area (TPSA) is 57.2 Å². The third-order valence-corrected chi connectivity index (χ3v) is 5.05. The number of halogens is 5. The van der Waals surface area contributed by atoms with Crippen molar-refractivity contribution in [2.45, 2.75) is 50.0 Å². The SMILES string of the molecule is C=CC[N+](CC=C)(CC=C)CC=C.O=S(=O)([O-])C(F)(F)CCCCCCC(F)(F)F. The van der Waals surface area contributed by atoms with Crippen molar-refractivity contribution in [2.24, 2.45) is 0 Å². The molecule has 0 heterocycles. The molecular weight excluding hydrogens is 429 g/mol. The Morgan fingerprint density at radius 2 is 1.03 bits per heavy atom. The van der Waals surface area contributed by atoms with E-state index in [0.29, 0.717) is 0 Å². The minimum Gasteiger partial charge on any atom is -0.743 e. The predicted molar refractivity (Wildman–Crippen MR) is 109 cm³/mol. The second kappa shape index (κ2) is 14.5. The highest BCUT2D eigenvalue weighted by molar-refractivity contribution is 7.86. The highest BCUT2D eigenvalue weighted by atomic mass is 32.2. The van der Waals surface area contributed by atoms with Gasteiger partial charge < -0.3 is 9.04 Å². The van der Waals surface area contributed by atoms with E-state index in [9.17, 15) is 34.9 Å². The number of unbranched alkanes of at least 4 members (excludes halogenated alkanes) is 3. The standard InChI is InChI=1S/C12H20N.C8H13F5O3S/c1-5-9-13(10-6-2,11-7-3)12-8-4;9-7(10,11)5-3-1-2-4-6-8(12,13)17(14,15)16/h5-8H,1-4,9-12H2;1-6H2,(H,14,15,16)/q+1;/p-1. The molecule has 4 nitrogen and oxygen atoms in total. The summed E-state index contributed by atoms with van der Waals surface area (Å²) in [5, 5.41) is -4.34. The molecule has 0 bridgehead atoms. The zero-order valence-corrected chi connectivity index (χ0v) is 18.0. The maximum atomic E-state index is 12.5. The van der Waals surface area contributed by atoms with Crippen molar-refractivity contribution in [3.63, 3.8) is 0 Å². The molecule has 0 radical (unpaired) electrons. The molecule has 0 rings (SSSR count). The molecule has 0 aliphatic rings. The van der Waals surface area contributed by atoms with E-state index in [-0.39, 0.29) is 25.7 Å². The molecule has 30 heavy (non-hydrogen) atoms. The Labute approximate surface area is 176 Å². The Morgan fingerprint density at radius 1 is 0.700 bits per heavy atom. The van der Waals surface area contributed by atoms with Crippen molar-refractivity contribution in [2.75, 3.05) is 26.2 Å². The molecule has 0 aliphatic heterocycles. The fourth-order valence-corrected chi connectivity index (χ4v) is 3.07. The lowest BCUT2D eigenvalue weighted by Crippen LogP contribution is -2.48. The molecule has 0 atom stereocenters. The van der Waals surface area contributed by atoms with Crippen molar-refractivity contribution >= 4 is 10.1 Å². The fraction of sp³-hybridized carbons (Fsp3) is 0.600. The maximum Gasteiger partial charge on any atom is 0.389 e. The molecule has 176 valence electrons. The molecule has 0 saturated carbocycles. The van der Waals surface area contributed by atoms with Gasteiger partial charge in [-0.15, -0.1) is 0 Å². The van der Waals surface area contributed by atoms with Gasteiger partial charge in [0.25, 0.3) is 0 Å². The Bertz CT molecular complexity index is 585. The summed E-state index contributed by atoms with van der Waals surface area (Å²) in [5.74, 6) is 0. The van der Waals surface area contributed by atoms with Crippen molar-refractivity contribution in [1.29, 1.82) is 0 Å². The molecule has 0 unspecified atom stereocenters. The van der Waals surface area contributed by atoms with Crippen LogP contribution in [0.3, 0.4) is 0 Å². The van der Waals surface area contributed by atoms with Gasteiger partial charge in [0.2, 0.25) is 0 Å². The maximum absolute atomic E-state index is 12.5. The summed E-state index contributed by atoms with van der Waals surface area (Å²) < 4.78 is 91.2. The lowest BCUT2D eigenvalue weighted by atomic mass is 10.1. The van der Waals surface area contributed by atoms with Gasteiger partial charge in [-0.05, 0) is 37.1 Å². The quantitative estimate of drug-likeness (QED) is 0.105. The summed E-state index contributed by atoms with van der Waals surface area (Å²) in [6.45, 7) is 18.8. The second-order valence-electron chi connectivity index (χ2n) is 6.85. The Morgan fingerprint density at radius 3 is 1.30 bits per heavy atom. The van der Waals surface area contributed by atoms with E-state index < -0.39 is 34.4 Å². The molecule has 10 heteroatoms. The molecule has 0 spiro atoms. The number of nitrogens with zero attached hydrogens (tertiary/aromatic N) is 1. The van der Waals surface area contributed by atoms with E-state index in [1.807, 2.05) is 24.3 Å². The van der Waals surface area contributed by atoms with Crippen LogP contribution >= 0.6 is 0 Å². The van der Waals surface area contributed by atoms with Gasteiger partial charge in [-0.1, -0.05) is 39.2 Å². The molecule has 0 aromatic carbocycles. The van der Waals surface area contributed by atoms with Gasteiger partial charge in [-0.25, -0.2) is 8.42 Å². The Hall–Kier alpha value is -1.52. The van der Waals surface area contributed by atoms with Crippen LogP contribution in [0.5, 0.6) is 0 Å². The van der Waals surface area contributed by atoms with E-state index in [1.54, 1.807) is 0 Å². The minimum absolute atomic E-state index is 0.0290. The fourth-order valence-electron chi connectivity index (χ4n) is 2.68. The smallest absolute Gasteiger partial charge is 0.389 e. The molecule has 0 amide bonds. The summed E-state index contributed by atoms with van der Waals surface area (Å²) in [6, 6.07) is 0. The number of quaternary nitrogens is 1. The van der Waals surface area contributed by atoms with Gasteiger partial charge in [0, 0.05) is 12.8 Å². The molecule has 0 aromatic heterocycles. The van der Waals surface area contributed by atoms with Crippen LogP contribution in [0, 0.1) is 0 Å². The van der Waals surface area contributed by atoms with Gasteiger partial charge in [-0.3, -0.25) is 0 Å². The second-order valence-corrected chi connectivity index (χ2v) is 8.35. The van der Waals surface area contributed by atoms with Crippen LogP contribution in [-0.4, -0.2) is 55.1 Å². The van der Waals surface area contributed by atoms with Crippen LogP contribution in [-0.2, 0) is 10.1 Å². The zero-order chi connectivity index (χ0) is 23.9. The Kier molecular flexibility index (Phi) is 14.8. The van der Waals surface area contributed by atoms with Crippen molar-refractivity contribution in [3.8, 4) is 0 Å². The predicted octanol–water partition coefficient (Wildman–Crippen LogP) is 5.57. The summed E-state index contributed by atoms with van der Waals surface area (Å²) in [4.78, 5) is 0. The first kappa shape index (κ1) is 30.7. The first-order valence-electron chi connectivity index (χ1n) is 9.39. The lowest BCUT2D eigenvalue weighted by Gasteiger charge is -2.35. The number of hydrogen-bond acceptors (Lipinski definition) is 3. The summed E-state index contributed by atoms with van der Waals surface area (Å²) in [7, 11) is -5.68. The van der Waals surface area contributed by atoms with E-state index in [1.165, 1.54) is 0 Å². The van der Waals surface area contributed by atoms with Crippen molar-refractivity contribution < 1.29 is 39.4 Å². The monoisotopic (exact) mass is 461 g/mol. The van der Waals surface area contributed by atoms with Crippen molar-refractivity contribution in [3.05, 3.63) is 50.6 Å². The molecular formula is C20H32F5NO3S. The van der Waals surface area contributed by atoms with Crippen molar-refractivity contribution in [1.82, 2.24) is 0 Å². The summed E-state index contributed by atoms with van der Waals surface area (Å²) >= 11 is 0. The van der Waals surface area contributed by atoms with Crippen LogP contribution in [0.25, 0.3) is 0 Å². The van der Waals surface area contributed by atoms with Gasteiger partial charge in [-0.2, -0.15) is 22.0 Å². The van der Waals surface area contributed by atoms with Crippen LogP contribution in [0.4, 0.5) is 22.0 Å². The number of alkyl halides is 5. The third-order valence-electron chi connectivity index (χ3n) is 4.11. The lowest BCUT2D eigenvalue weighted by molar-refractivity contribution is -0.906. The number of rotatable bonds is 15. The van der Waals surface area contributed by atoms with E-state index in [0.717, 1.165) is 30.7 Å². The number of hydrogen-bond donors (Lipinski definition) is 0. The first-order valence-corrected chi connectivity index (χ1v) is 10.8. The average Bonchev–Trinajstić information content (AvgIpc) is 2.57. The molecule has 0 saturated heterocycles.